The SMILES string of the molecule is C.CC(C)(C)OC(=O)N1CCC(CN2CCC(n3ncc4nc(NCc5ccc(Cl)c(Cl)c5)[nH]c(=O)c43)CC2)CC1. The van der Waals surface area contributed by atoms with Gasteiger partial charge in [-0.05, 0) is 70.1 Å². The second kappa shape index (κ2) is 13.0. The first-order valence-corrected chi connectivity index (χ1v) is 14.7. The van der Waals surface area contributed by atoms with Gasteiger partial charge in [0.25, 0.3) is 5.56 Å². The predicted octanol–water partition coefficient (Wildman–Crippen LogP) is 5.96. The van der Waals surface area contributed by atoms with Gasteiger partial charge in [0.05, 0.1) is 22.3 Å². The molecule has 224 valence electrons. The van der Waals surface area contributed by atoms with Gasteiger partial charge >= 0.3 is 6.09 Å². The van der Waals surface area contributed by atoms with Gasteiger partial charge in [0, 0.05) is 39.3 Å². The van der Waals surface area contributed by atoms with Crippen LogP contribution in [0.25, 0.3) is 11.0 Å². The molecule has 0 saturated carbocycles. The number of benzene rings is 1. The fourth-order valence-corrected chi connectivity index (χ4v) is 5.82. The van der Waals surface area contributed by atoms with Crippen LogP contribution in [-0.2, 0) is 11.3 Å². The molecule has 2 aliphatic heterocycles. The predicted molar refractivity (Wildman–Crippen MR) is 164 cm³/mol. The van der Waals surface area contributed by atoms with E-state index in [-0.39, 0.29) is 25.1 Å². The molecule has 1 aromatic carbocycles. The van der Waals surface area contributed by atoms with Gasteiger partial charge < -0.3 is 19.9 Å². The molecule has 0 atom stereocenters. The highest BCUT2D eigenvalue weighted by Gasteiger charge is 2.30. The molecule has 4 heterocycles. The van der Waals surface area contributed by atoms with Crippen molar-refractivity contribution >= 4 is 46.3 Å². The Morgan fingerprint density at radius 3 is 2.46 bits per heavy atom. The molecular weight excluding hydrogens is 565 g/mol. The van der Waals surface area contributed by atoms with Gasteiger partial charge in [-0.1, -0.05) is 36.7 Å². The molecule has 10 nitrogen and oxygen atoms in total. The molecule has 2 saturated heterocycles. The van der Waals surface area contributed by atoms with Crippen molar-refractivity contribution in [2.45, 2.75) is 72.1 Å². The summed E-state index contributed by atoms with van der Waals surface area (Å²) in [4.78, 5) is 37.1. The van der Waals surface area contributed by atoms with Crippen molar-refractivity contribution in [3.05, 3.63) is 50.4 Å². The number of nitrogens with one attached hydrogen (secondary N) is 2. The number of likely N-dealkylation sites (tertiary alicyclic amines) is 2. The molecule has 12 heteroatoms. The minimum absolute atomic E-state index is 0. The summed E-state index contributed by atoms with van der Waals surface area (Å²) in [5.41, 5.74) is 1.32. The Balaban J connectivity index is 0.00000387. The zero-order chi connectivity index (χ0) is 28.4. The minimum Gasteiger partial charge on any atom is -0.444 e. The fourth-order valence-electron chi connectivity index (χ4n) is 5.50. The number of hydrogen-bond acceptors (Lipinski definition) is 7. The summed E-state index contributed by atoms with van der Waals surface area (Å²) in [5, 5.41) is 8.69. The number of ether oxygens (including phenoxy) is 1. The van der Waals surface area contributed by atoms with Crippen LogP contribution in [0.1, 0.15) is 65.5 Å². The van der Waals surface area contributed by atoms with Crippen LogP contribution >= 0.6 is 23.2 Å². The van der Waals surface area contributed by atoms with E-state index in [9.17, 15) is 9.59 Å². The summed E-state index contributed by atoms with van der Waals surface area (Å²) in [5.74, 6) is 0.957. The summed E-state index contributed by atoms with van der Waals surface area (Å²) in [6.07, 6.45) is 5.28. The number of carbonyl (C=O) groups excluding carboxylic acids is 1. The van der Waals surface area contributed by atoms with Crippen LogP contribution in [0.3, 0.4) is 0 Å². The third kappa shape index (κ3) is 7.72. The number of carbonyl (C=O) groups is 1. The standard InChI is InChI=1S/C28H37Cl2N7O3.CH4/c1-28(2,3)40-27(39)36-12-6-18(7-13-36)17-35-10-8-20(9-11-35)37-24-23(16-32-37)33-26(34-25(24)38)31-15-19-4-5-21(29)22(30)14-19;/h4-5,14,16,18,20H,6-13,15,17H2,1-3H3,(H2,31,33,34,38);1H4. The second-order valence-electron chi connectivity index (χ2n) is 11.8. The van der Waals surface area contributed by atoms with Crippen molar-refractivity contribution in [1.82, 2.24) is 29.5 Å². The number of nitrogens with zero attached hydrogens (tertiary/aromatic N) is 5. The zero-order valence-corrected chi connectivity index (χ0v) is 24.8. The van der Waals surface area contributed by atoms with Crippen LogP contribution < -0.4 is 10.9 Å². The first-order chi connectivity index (χ1) is 19.1. The van der Waals surface area contributed by atoms with Gasteiger partial charge in [0.2, 0.25) is 5.95 Å². The van der Waals surface area contributed by atoms with E-state index in [1.54, 1.807) is 18.3 Å². The lowest BCUT2D eigenvalue weighted by molar-refractivity contribution is 0.0164. The quantitative estimate of drug-likeness (QED) is 0.357. The highest BCUT2D eigenvalue weighted by atomic mass is 35.5. The van der Waals surface area contributed by atoms with Crippen LogP contribution in [0.15, 0.2) is 29.2 Å². The van der Waals surface area contributed by atoms with Crippen molar-refractivity contribution in [2.75, 3.05) is 38.0 Å². The number of hydrogen-bond donors (Lipinski definition) is 2. The Kier molecular flexibility index (Phi) is 9.87. The number of rotatable bonds is 6. The first kappa shape index (κ1) is 31.1. The van der Waals surface area contributed by atoms with E-state index in [0.29, 0.717) is 39.5 Å². The molecule has 0 radical (unpaired) electrons. The van der Waals surface area contributed by atoms with E-state index < -0.39 is 5.60 Å². The highest BCUT2D eigenvalue weighted by molar-refractivity contribution is 6.42. The molecule has 0 unspecified atom stereocenters. The Morgan fingerprint density at radius 1 is 1.10 bits per heavy atom. The van der Waals surface area contributed by atoms with Gasteiger partial charge in [0.1, 0.15) is 11.1 Å². The maximum atomic E-state index is 13.0. The molecule has 2 fully saturated rings. The van der Waals surface area contributed by atoms with E-state index in [1.165, 1.54) is 0 Å². The smallest absolute Gasteiger partial charge is 0.410 e. The normalized spacial score (nSPS) is 17.4. The number of anilines is 1. The van der Waals surface area contributed by atoms with E-state index in [0.717, 1.165) is 64.0 Å². The van der Waals surface area contributed by atoms with Gasteiger partial charge in [-0.15, -0.1) is 0 Å². The molecule has 0 bridgehead atoms. The number of piperidine rings is 2. The number of H-pyrrole nitrogens is 1. The first-order valence-electron chi connectivity index (χ1n) is 13.9. The number of amides is 1. The van der Waals surface area contributed by atoms with Crippen LogP contribution in [0.5, 0.6) is 0 Å². The zero-order valence-electron chi connectivity index (χ0n) is 23.3. The summed E-state index contributed by atoms with van der Waals surface area (Å²) in [6, 6.07) is 5.55. The van der Waals surface area contributed by atoms with Gasteiger partial charge in [0.15, 0.2) is 5.52 Å². The average molecular weight is 607 g/mol. The molecular formula is C29H41Cl2N7O3. The van der Waals surface area contributed by atoms with Crippen molar-refractivity contribution in [3.8, 4) is 0 Å². The lowest BCUT2D eigenvalue weighted by atomic mass is 9.95. The maximum Gasteiger partial charge on any atom is 0.410 e. The number of fused-ring (bicyclic) bond motifs is 1. The largest absolute Gasteiger partial charge is 0.444 e. The molecule has 2 N–H and O–H groups in total. The van der Waals surface area contributed by atoms with Gasteiger partial charge in [-0.3, -0.25) is 14.5 Å². The molecule has 41 heavy (non-hydrogen) atoms. The molecule has 0 spiro atoms. The van der Waals surface area contributed by atoms with Crippen LogP contribution in [0, 0.1) is 5.92 Å². The summed E-state index contributed by atoms with van der Waals surface area (Å²) >= 11 is 12.1. The van der Waals surface area contributed by atoms with Crippen molar-refractivity contribution in [1.29, 1.82) is 0 Å². The lowest BCUT2D eigenvalue weighted by Crippen LogP contribution is -2.45. The average Bonchev–Trinajstić information content (AvgIpc) is 3.34. The van der Waals surface area contributed by atoms with Crippen LogP contribution in [-0.4, -0.2) is 74.0 Å². The van der Waals surface area contributed by atoms with Gasteiger partial charge in [-0.2, -0.15) is 5.10 Å². The lowest BCUT2D eigenvalue weighted by Gasteiger charge is -2.38. The van der Waals surface area contributed by atoms with E-state index in [1.807, 2.05) is 36.4 Å². The van der Waals surface area contributed by atoms with Crippen molar-refractivity contribution < 1.29 is 9.53 Å². The van der Waals surface area contributed by atoms with E-state index >= 15 is 0 Å². The monoisotopic (exact) mass is 605 g/mol. The van der Waals surface area contributed by atoms with Crippen molar-refractivity contribution in [3.63, 3.8) is 0 Å². The summed E-state index contributed by atoms with van der Waals surface area (Å²) < 4.78 is 7.37. The molecule has 1 amide bonds. The summed E-state index contributed by atoms with van der Waals surface area (Å²) in [7, 11) is 0. The van der Waals surface area contributed by atoms with E-state index in [4.69, 9.17) is 27.9 Å². The molecule has 0 aliphatic carbocycles. The molecule has 2 aliphatic rings. The number of halogens is 2. The number of aromatic amines is 1. The number of aromatic nitrogens is 4. The Hall–Kier alpha value is -2.82. The molecule has 5 rings (SSSR count). The third-order valence-electron chi connectivity index (χ3n) is 7.58. The summed E-state index contributed by atoms with van der Waals surface area (Å²) in [6.45, 7) is 10.6. The maximum absolute atomic E-state index is 13.0. The van der Waals surface area contributed by atoms with Crippen LogP contribution in [0.4, 0.5) is 10.7 Å². The molecule has 3 aromatic rings. The minimum atomic E-state index is -0.467. The highest BCUT2D eigenvalue weighted by Crippen LogP contribution is 2.28. The topological polar surface area (TPSA) is 108 Å². The Bertz CT molecular complexity index is 1400. The third-order valence-corrected chi connectivity index (χ3v) is 8.32. The van der Waals surface area contributed by atoms with Gasteiger partial charge in [-0.25, -0.2) is 9.78 Å². The van der Waals surface area contributed by atoms with Crippen molar-refractivity contribution in [2.24, 2.45) is 5.92 Å². The Labute approximate surface area is 251 Å². The molecule has 2 aromatic heterocycles. The second-order valence-corrected chi connectivity index (χ2v) is 12.6. The Morgan fingerprint density at radius 2 is 1.80 bits per heavy atom. The van der Waals surface area contributed by atoms with E-state index in [2.05, 4.69) is 25.3 Å². The van der Waals surface area contributed by atoms with Crippen LogP contribution in [0.2, 0.25) is 10.0 Å². The fraction of sp³-hybridized carbons (Fsp3) is 0.586.